The van der Waals surface area contributed by atoms with Gasteiger partial charge in [-0.2, -0.15) is 5.26 Å². The Bertz CT molecular complexity index is 741. The maximum atomic E-state index is 13.5. The lowest BCUT2D eigenvalue weighted by molar-refractivity contribution is -0.386. The zero-order valence-electron chi connectivity index (χ0n) is 10.5. The van der Waals surface area contributed by atoms with Crippen LogP contribution >= 0.6 is 0 Å². The summed E-state index contributed by atoms with van der Waals surface area (Å²) in [6, 6.07) is 8.37. The van der Waals surface area contributed by atoms with Crippen LogP contribution < -0.4 is 4.74 Å². The Kier molecular flexibility index (Phi) is 4.09. The molecule has 21 heavy (non-hydrogen) atoms. The van der Waals surface area contributed by atoms with E-state index in [1.54, 1.807) is 0 Å². The standard InChI is InChI=1S/C14H8F2N2O3/c15-11-2-4-14(13(6-11)18(19)20)21-8-10-5-9(7-17)1-3-12(10)16/h1-6H,8H2. The first-order valence-electron chi connectivity index (χ1n) is 5.76. The third-order valence-corrected chi connectivity index (χ3v) is 2.68. The molecule has 0 atom stereocenters. The van der Waals surface area contributed by atoms with Crippen LogP contribution in [0.25, 0.3) is 0 Å². The van der Waals surface area contributed by atoms with Crippen molar-refractivity contribution >= 4 is 5.69 Å². The fourth-order valence-corrected chi connectivity index (χ4v) is 1.67. The minimum Gasteiger partial charge on any atom is -0.482 e. The van der Waals surface area contributed by atoms with Crippen molar-refractivity contribution in [1.29, 1.82) is 5.26 Å². The van der Waals surface area contributed by atoms with Gasteiger partial charge in [0.15, 0.2) is 5.75 Å². The maximum absolute atomic E-state index is 13.5. The lowest BCUT2D eigenvalue weighted by Crippen LogP contribution is -2.02. The van der Waals surface area contributed by atoms with Gasteiger partial charge in [0.25, 0.3) is 0 Å². The van der Waals surface area contributed by atoms with Crippen molar-refractivity contribution in [3.05, 3.63) is 69.3 Å². The van der Waals surface area contributed by atoms with Gasteiger partial charge in [0.05, 0.1) is 22.6 Å². The number of nitro benzene ring substituents is 1. The first-order chi connectivity index (χ1) is 10.0. The van der Waals surface area contributed by atoms with E-state index in [0.29, 0.717) is 0 Å². The molecule has 0 spiro atoms. The van der Waals surface area contributed by atoms with Crippen molar-refractivity contribution in [2.24, 2.45) is 0 Å². The molecule has 0 saturated heterocycles. The summed E-state index contributed by atoms with van der Waals surface area (Å²) in [6.07, 6.45) is 0. The molecule has 2 rings (SSSR count). The van der Waals surface area contributed by atoms with Crippen LogP contribution in [0.3, 0.4) is 0 Å². The van der Waals surface area contributed by atoms with E-state index in [4.69, 9.17) is 10.00 Å². The zero-order valence-corrected chi connectivity index (χ0v) is 10.5. The Labute approximate surface area is 118 Å². The molecule has 0 amide bonds. The fourth-order valence-electron chi connectivity index (χ4n) is 1.67. The SMILES string of the molecule is N#Cc1ccc(F)c(COc2ccc(F)cc2[N+](=O)[O-])c1. The molecule has 2 aromatic carbocycles. The van der Waals surface area contributed by atoms with Crippen LogP contribution in [-0.2, 0) is 6.61 Å². The second-order valence-corrected chi connectivity index (χ2v) is 4.08. The van der Waals surface area contributed by atoms with E-state index in [-0.39, 0.29) is 23.5 Å². The number of nitro groups is 1. The summed E-state index contributed by atoms with van der Waals surface area (Å²) in [5.74, 6) is -1.55. The Morgan fingerprint density at radius 1 is 1.24 bits per heavy atom. The molecule has 0 aliphatic heterocycles. The number of halogens is 2. The molecule has 2 aromatic rings. The van der Waals surface area contributed by atoms with Gasteiger partial charge in [-0.05, 0) is 30.3 Å². The highest BCUT2D eigenvalue weighted by Gasteiger charge is 2.17. The molecule has 0 fully saturated rings. The Hall–Kier alpha value is -3.01. The minimum absolute atomic E-state index is 0.0765. The lowest BCUT2D eigenvalue weighted by atomic mass is 10.1. The van der Waals surface area contributed by atoms with E-state index < -0.39 is 22.2 Å². The summed E-state index contributed by atoms with van der Waals surface area (Å²) < 4.78 is 31.7. The zero-order chi connectivity index (χ0) is 15.4. The molecule has 0 heterocycles. The van der Waals surface area contributed by atoms with E-state index in [0.717, 1.165) is 24.3 Å². The molecule has 0 N–H and O–H groups in total. The summed E-state index contributed by atoms with van der Waals surface area (Å²) in [6.45, 7) is -0.312. The molecule has 0 unspecified atom stereocenters. The van der Waals surface area contributed by atoms with E-state index in [1.807, 2.05) is 6.07 Å². The summed E-state index contributed by atoms with van der Waals surface area (Å²) in [4.78, 5) is 10.0. The highest BCUT2D eigenvalue weighted by atomic mass is 19.1. The van der Waals surface area contributed by atoms with Crippen LogP contribution in [0.2, 0.25) is 0 Å². The molecule has 106 valence electrons. The van der Waals surface area contributed by atoms with Gasteiger partial charge >= 0.3 is 5.69 Å². The molecule has 0 bridgehead atoms. The summed E-state index contributed by atoms with van der Waals surface area (Å²) in [5, 5.41) is 19.5. The minimum atomic E-state index is -0.791. The van der Waals surface area contributed by atoms with Crippen LogP contribution in [0.5, 0.6) is 5.75 Å². The summed E-state index contributed by atoms with van der Waals surface area (Å²) in [7, 11) is 0. The van der Waals surface area contributed by atoms with E-state index in [9.17, 15) is 18.9 Å². The van der Waals surface area contributed by atoms with Crippen molar-refractivity contribution in [3.63, 3.8) is 0 Å². The van der Waals surface area contributed by atoms with Gasteiger partial charge in [-0.15, -0.1) is 0 Å². The van der Waals surface area contributed by atoms with Crippen LogP contribution in [-0.4, -0.2) is 4.92 Å². The molecule has 0 aliphatic rings. The van der Waals surface area contributed by atoms with Crippen molar-refractivity contribution < 1.29 is 18.4 Å². The predicted molar refractivity (Wildman–Crippen MR) is 68.5 cm³/mol. The maximum Gasteiger partial charge on any atom is 0.313 e. The molecular weight excluding hydrogens is 282 g/mol. The molecule has 0 aromatic heterocycles. The average Bonchev–Trinajstić information content (AvgIpc) is 2.47. The second-order valence-electron chi connectivity index (χ2n) is 4.08. The third-order valence-electron chi connectivity index (χ3n) is 2.68. The van der Waals surface area contributed by atoms with E-state index in [2.05, 4.69) is 0 Å². The number of hydrogen-bond donors (Lipinski definition) is 0. The fraction of sp³-hybridized carbons (Fsp3) is 0.0714. The van der Waals surface area contributed by atoms with Gasteiger partial charge in [0, 0.05) is 5.56 Å². The third kappa shape index (κ3) is 3.30. The van der Waals surface area contributed by atoms with Crippen LogP contribution in [0.4, 0.5) is 14.5 Å². The average molecular weight is 290 g/mol. The van der Waals surface area contributed by atoms with Crippen LogP contribution in [0.1, 0.15) is 11.1 Å². The van der Waals surface area contributed by atoms with Gasteiger partial charge < -0.3 is 4.74 Å². The first kappa shape index (κ1) is 14.4. The number of hydrogen-bond acceptors (Lipinski definition) is 4. The van der Waals surface area contributed by atoms with Gasteiger partial charge in [0.2, 0.25) is 0 Å². The second kappa shape index (κ2) is 5.96. The summed E-state index contributed by atoms with van der Waals surface area (Å²) >= 11 is 0. The molecule has 5 nitrogen and oxygen atoms in total. The van der Waals surface area contributed by atoms with Crippen molar-refractivity contribution in [2.45, 2.75) is 6.61 Å². The molecule has 7 heteroatoms. The van der Waals surface area contributed by atoms with Crippen molar-refractivity contribution in [3.8, 4) is 11.8 Å². The molecule has 0 radical (unpaired) electrons. The highest BCUT2D eigenvalue weighted by molar-refractivity contribution is 5.46. The Morgan fingerprint density at radius 2 is 2.00 bits per heavy atom. The van der Waals surface area contributed by atoms with E-state index in [1.165, 1.54) is 12.1 Å². The first-order valence-corrected chi connectivity index (χ1v) is 5.76. The lowest BCUT2D eigenvalue weighted by Gasteiger charge is -2.08. The van der Waals surface area contributed by atoms with Gasteiger partial charge in [-0.3, -0.25) is 10.1 Å². The van der Waals surface area contributed by atoms with Crippen LogP contribution in [0.15, 0.2) is 36.4 Å². The largest absolute Gasteiger partial charge is 0.482 e. The highest BCUT2D eigenvalue weighted by Crippen LogP contribution is 2.28. The summed E-state index contributed by atoms with van der Waals surface area (Å²) in [5.41, 5.74) is -0.233. The Balaban J connectivity index is 2.25. The molecule has 0 aliphatic carbocycles. The molecule has 0 saturated carbocycles. The van der Waals surface area contributed by atoms with E-state index >= 15 is 0 Å². The van der Waals surface area contributed by atoms with Gasteiger partial charge in [-0.1, -0.05) is 0 Å². The molecular formula is C14H8F2N2O3. The van der Waals surface area contributed by atoms with Gasteiger partial charge in [0.1, 0.15) is 18.2 Å². The van der Waals surface area contributed by atoms with Crippen LogP contribution in [0, 0.1) is 33.1 Å². The number of nitrogens with zero attached hydrogens (tertiary/aromatic N) is 2. The smallest absolute Gasteiger partial charge is 0.313 e. The number of benzene rings is 2. The predicted octanol–water partition coefficient (Wildman–Crippen LogP) is 3.32. The number of nitriles is 1. The number of ether oxygens (including phenoxy) is 1. The quantitative estimate of drug-likeness (QED) is 0.639. The normalized spacial score (nSPS) is 9.95. The topological polar surface area (TPSA) is 76.2 Å². The Morgan fingerprint density at radius 3 is 2.67 bits per heavy atom. The number of rotatable bonds is 4. The van der Waals surface area contributed by atoms with Gasteiger partial charge in [-0.25, -0.2) is 8.78 Å². The van der Waals surface area contributed by atoms with Crippen molar-refractivity contribution in [2.75, 3.05) is 0 Å². The monoisotopic (exact) mass is 290 g/mol. The van der Waals surface area contributed by atoms with Crippen molar-refractivity contribution in [1.82, 2.24) is 0 Å².